The van der Waals surface area contributed by atoms with E-state index in [9.17, 15) is 17.6 Å². The zero-order valence-corrected chi connectivity index (χ0v) is 9.87. The van der Waals surface area contributed by atoms with Gasteiger partial charge in [-0.1, -0.05) is 0 Å². The number of rotatable bonds is 2. The predicted octanol–water partition coefficient (Wildman–Crippen LogP) is 3.85. The van der Waals surface area contributed by atoms with Crippen LogP contribution in [-0.2, 0) is 6.18 Å². The zero-order valence-electron chi connectivity index (χ0n) is 9.87. The fourth-order valence-electron chi connectivity index (χ4n) is 1.54. The molecule has 0 bridgehead atoms. The van der Waals surface area contributed by atoms with Crippen molar-refractivity contribution in [2.75, 3.05) is 5.32 Å². The molecule has 0 aliphatic heterocycles. The Morgan fingerprint density at radius 2 is 1.90 bits per heavy atom. The van der Waals surface area contributed by atoms with E-state index < -0.39 is 17.6 Å². The summed E-state index contributed by atoms with van der Waals surface area (Å²) in [5.74, 6) is -1.15. The van der Waals surface area contributed by atoms with E-state index in [0.29, 0.717) is 11.6 Å². The van der Waals surface area contributed by atoms with E-state index in [1.54, 1.807) is 0 Å². The number of halogens is 4. The molecule has 7 heteroatoms. The number of aromatic nitrogens is 1. The van der Waals surface area contributed by atoms with Crippen molar-refractivity contribution in [2.24, 2.45) is 0 Å². The summed E-state index contributed by atoms with van der Waals surface area (Å²) in [5.41, 5.74) is -1.03. The molecule has 0 spiro atoms. The summed E-state index contributed by atoms with van der Waals surface area (Å²) in [6.07, 6.45) is -3.43. The highest BCUT2D eigenvalue weighted by Crippen LogP contribution is 2.33. The van der Waals surface area contributed by atoms with Crippen LogP contribution in [0.2, 0.25) is 0 Å². The van der Waals surface area contributed by atoms with Crippen LogP contribution in [0.1, 0.15) is 11.1 Å². The van der Waals surface area contributed by atoms with E-state index >= 15 is 0 Å². The first kappa shape index (κ1) is 13.8. The molecule has 1 aromatic heterocycles. The Bertz CT molecular complexity index is 674. The minimum atomic E-state index is -4.77. The van der Waals surface area contributed by atoms with Gasteiger partial charge in [-0.05, 0) is 30.3 Å². The highest BCUT2D eigenvalue weighted by atomic mass is 19.4. The Morgan fingerprint density at radius 3 is 2.55 bits per heavy atom. The van der Waals surface area contributed by atoms with Crippen molar-refractivity contribution >= 4 is 11.5 Å². The van der Waals surface area contributed by atoms with Gasteiger partial charge in [0.2, 0.25) is 0 Å². The fourth-order valence-corrected chi connectivity index (χ4v) is 1.54. The Labute approximate surface area is 111 Å². The highest BCUT2D eigenvalue weighted by Gasteiger charge is 2.34. The second-order valence-corrected chi connectivity index (χ2v) is 3.86. The van der Waals surface area contributed by atoms with Crippen molar-refractivity contribution in [1.82, 2.24) is 4.98 Å². The third-order valence-corrected chi connectivity index (χ3v) is 2.43. The average Bonchev–Trinajstić information content (AvgIpc) is 2.40. The van der Waals surface area contributed by atoms with Gasteiger partial charge in [0, 0.05) is 11.9 Å². The third kappa shape index (κ3) is 3.03. The largest absolute Gasteiger partial charge is 0.419 e. The van der Waals surface area contributed by atoms with Crippen LogP contribution in [0.25, 0.3) is 0 Å². The molecule has 1 N–H and O–H groups in total. The molecule has 0 aliphatic carbocycles. The first-order valence-electron chi connectivity index (χ1n) is 5.40. The van der Waals surface area contributed by atoms with Crippen LogP contribution >= 0.6 is 0 Å². The van der Waals surface area contributed by atoms with Crippen LogP contribution in [0.5, 0.6) is 0 Å². The number of nitriles is 1. The maximum absolute atomic E-state index is 13.1. The zero-order chi connectivity index (χ0) is 14.8. The Kier molecular flexibility index (Phi) is 3.57. The quantitative estimate of drug-likeness (QED) is 0.850. The Hall–Kier alpha value is -2.62. The molecule has 1 heterocycles. The summed E-state index contributed by atoms with van der Waals surface area (Å²) in [7, 11) is 0. The number of pyridine rings is 1. The van der Waals surface area contributed by atoms with Gasteiger partial charge in [0.05, 0.1) is 17.2 Å². The van der Waals surface area contributed by atoms with E-state index in [0.717, 1.165) is 12.1 Å². The summed E-state index contributed by atoms with van der Waals surface area (Å²) in [4.78, 5) is 3.86. The third-order valence-electron chi connectivity index (χ3n) is 2.43. The Balaban J connectivity index is 2.33. The molecule has 2 aromatic rings. The second-order valence-electron chi connectivity index (χ2n) is 3.86. The van der Waals surface area contributed by atoms with E-state index in [1.165, 1.54) is 18.3 Å². The van der Waals surface area contributed by atoms with E-state index in [4.69, 9.17) is 5.26 Å². The molecule has 0 atom stereocenters. The molecule has 1 aromatic carbocycles. The SMILES string of the molecule is N#Cc1ccnc(Nc2ccc(F)c(C(F)(F)F)c2)c1. The van der Waals surface area contributed by atoms with Crippen LogP contribution in [-0.4, -0.2) is 4.98 Å². The smallest absolute Gasteiger partial charge is 0.340 e. The van der Waals surface area contributed by atoms with Gasteiger partial charge in [-0.15, -0.1) is 0 Å². The summed E-state index contributed by atoms with van der Waals surface area (Å²) in [6, 6.07) is 7.23. The number of anilines is 2. The lowest BCUT2D eigenvalue weighted by molar-refractivity contribution is -0.139. The maximum atomic E-state index is 13.1. The normalized spacial score (nSPS) is 10.9. The second kappa shape index (κ2) is 5.17. The van der Waals surface area contributed by atoms with Crippen LogP contribution < -0.4 is 5.32 Å². The van der Waals surface area contributed by atoms with E-state index in [2.05, 4.69) is 10.3 Å². The molecule has 0 saturated heterocycles. The fraction of sp³-hybridized carbons (Fsp3) is 0.0769. The van der Waals surface area contributed by atoms with Crippen LogP contribution in [0.3, 0.4) is 0 Å². The number of hydrogen-bond acceptors (Lipinski definition) is 3. The molecule has 2 rings (SSSR count). The average molecular weight is 281 g/mol. The van der Waals surface area contributed by atoms with Crippen molar-refractivity contribution in [2.45, 2.75) is 6.18 Å². The number of nitrogens with zero attached hydrogens (tertiary/aromatic N) is 2. The van der Waals surface area contributed by atoms with Gasteiger partial charge in [-0.3, -0.25) is 0 Å². The molecule has 102 valence electrons. The molecule has 0 aliphatic rings. The molecule has 0 fully saturated rings. The summed E-state index contributed by atoms with van der Waals surface area (Å²) < 4.78 is 50.8. The van der Waals surface area contributed by atoms with Crippen molar-refractivity contribution in [3.63, 3.8) is 0 Å². The lowest BCUT2D eigenvalue weighted by Crippen LogP contribution is -2.08. The minimum absolute atomic E-state index is 0.0290. The summed E-state index contributed by atoms with van der Waals surface area (Å²) in [6.45, 7) is 0. The standard InChI is InChI=1S/C13H7F4N3/c14-11-2-1-9(6-10(11)13(15,16)17)20-12-5-8(7-18)3-4-19-12/h1-6H,(H,19,20). The van der Waals surface area contributed by atoms with Crippen LogP contribution in [0.4, 0.5) is 29.1 Å². The van der Waals surface area contributed by atoms with Gasteiger partial charge in [0.15, 0.2) is 0 Å². The molecule has 20 heavy (non-hydrogen) atoms. The molecule has 3 nitrogen and oxygen atoms in total. The highest BCUT2D eigenvalue weighted by molar-refractivity contribution is 5.58. The monoisotopic (exact) mass is 281 g/mol. The number of alkyl halides is 3. The number of nitrogens with one attached hydrogen (secondary N) is 1. The first-order chi connectivity index (χ1) is 9.40. The van der Waals surface area contributed by atoms with Crippen molar-refractivity contribution in [1.29, 1.82) is 5.26 Å². The summed E-state index contributed by atoms with van der Waals surface area (Å²) >= 11 is 0. The van der Waals surface area contributed by atoms with Crippen LogP contribution in [0.15, 0.2) is 36.5 Å². The Morgan fingerprint density at radius 1 is 1.15 bits per heavy atom. The van der Waals surface area contributed by atoms with Crippen molar-refractivity contribution in [3.05, 3.63) is 53.5 Å². The predicted molar refractivity (Wildman–Crippen MR) is 63.6 cm³/mol. The number of hydrogen-bond donors (Lipinski definition) is 1. The first-order valence-corrected chi connectivity index (χ1v) is 5.40. The van der Waals surface area contributed by atoms with Gasteiger partial charge < -0.3 is 5.32 Å². The molecule has 0 unspecified atom stereocenters. The van der Waals surface area contributed by atoms with Crippen LogP contribution in [0, 0.1) is 17.1 Å². The lowest BCUT2D eigenvalue weighted by Gasteiger charge is -2.11. The van der Waals surface area contributed by atoms with Gasteiger partial charge in [-0.2, -0.15) is 18.4 Å². The van der Waals surface area contributed by atoms with Crippen molar-refractivity contribution in [3.8, 4) is 6.07 Å². The van der Waals surface area contributed by atoms with Gasteiger partial charge in [0.25, 0.3) is 0 Å². The van der Waals surface area contributed by atoms with Crippen molar-refractivity contribution < 1.29 is 17.6 Å². The summed E-state index contributed by atoms with van der Waals surface area (Å²) in [5, 5.41) is 11.3. The molecular weight excluding hydrogens is 274 g/mol. The van der Waals surface area contributed by atoms with Gasteiger partial charge in [0.1, 0.15) is 11.6 Å². The molecule has 0 saturated carbocycles. The van der Waals surface area contributed by atoms with Gasteiger partial charge in [-0.25, -0.2) is 9.37 Å². The van der Waals surface area contributed by atoms with Gasteiger partial charge >= 0.3 is 6.18 Å². The lowest BCUT2D eigenvalue weighted by atomic mass is 10.1. The topological polar surface area (TPSA) is 48.7 Å². The van der Waals surface area contributed by atoms with E-state index in [-0.39, 0.29) is 11.5 Å². The molecule has 0 radical (unpaired) electrons. The maximum Gasteiger partial charge on any atom is 0.419 e. The van der Waals surface area contributed by atoms with E-state index in [1.807, 2.05) is 6.07 Å². The molecule has 0 amide bonds. The number of benzene rings is 1. The molecular formula is C13H7F4N3. The minimum Gasteiger partial charge on any atom is -0.340 e.